The molecule has 2 aliphatic rings. The molecule has 1 aromatic rings. The highest BCUT2D eigenvalue weighted by molar-refractivity contribution is 5.96. The molecule has 0 fully saturated rings. The minimum atomic E-state index is -0.390. The van der Waals surface area contributed by atoms with Crippen LogP contribution in [0.4, 0.5) is 0 Å². The normalized spacial score (nSPS) is 16.8. The van der Waals surface area contributed by atoms with Crippen LogP contribution in [0.15, 0.2) is 48.2 Å². The van der Waals surface area contributed by atoms with Gasteiger partial charge in [0, 0.05) is 23.7 Å². The quantitative estimate of drug-likeness (QED) is 0.720. The van der Waals surface area contributed by atoms with Crippen LogP contribution in [0, 0.1) is 0 Å². The average Bonchev–Trinajstić information content (AvgIpc) is 2.38. The second kappa shape index (κ2) is 3.63. The Hall–Kier alpha value is -2.29. The third-order valence-corrected chi connectivity index (χ3v) is 3.05. The van der Waals surface area contributed by atoms with Gasteiger partial charge in [-0.1, -0.05) is 30.3 Å². The van der Waals surface area contributed by atoms with E-state index < -0.39 is 0 Å². The lowest BCUT2D eigenvalue weighted by atomic mass is 10.1. The molecule has 0 aliphatic carbocycles. The summed E-state index contributed by atoms with van der Waals surface area (Å²) in [6.07, 6.45) is 7.68. The molecule has 0 atom stereocenters. The number of hydrogen-bond donors (Lipinski definition) is 1. The number of amides is 1. The summed E-state index contributed by atoms with van der Waals surface area (Å²) in [6, 6.07) is 8.23. The van der Waals surface area contributed by atoms with E-state index >= 15 is 0 Å². The van der Waals surface area contributed by atoms with Crippen LogP contribution in [0.1, 0.15) is 0 Å². The molecule has 0 saturated carbocycles. The minimum absolute atomic E-state index is 0.390. The number of nitrogens with two attached hydrogens (primary N) is 1. The number of hydrogen-bond acceptors (Lipinski definition) is 2. The molecule has 2 N–H and O–H groups in total. The Morgan fingerprint density at radius 1 is 1.24 bits per heavy atom. The van der Waals surface area contributed by atoms with Gasteiger partial charge in [0.1, 0.15) is 0 Å². The van der Waals surface area contributed by atoms with Crippen LogP contribution >= 0.6 is 0 Å². The van der Waals surface area contributed by atoms with Gasteiger partial charge in [-0.25, -0.2) is 0 Å². The van der Waals surface area contributed by atoms with Gasteiger partial charge >= 0.3 is 0 Å². The second-order valence-corrected chi connectivity index (χ2v) is 4.11. The van der Waals surface area contributed by atoms with Crippen molar-refractivity contribution >= 4 is 17.7 Å². The molecular weight excluding hydrogens is 212 g/mol. The Balaban J connectivity index is 2.20. The van der Waals surface area contributed by atoms with Crippen molar-refractivity contribution in [1.82, 2.24) is 4.90 Å². The lowest BCUT2D eigenvalue weighted by molar-refractivity contribution is -0.114. The van der Waals surface area contributed by atoms with E-state index in [1.54, 1.807) is 6.08 Å². The summed E-state index contributed by atoms with van der Waals surface area (Å²) in [7, 11) is 0. The Morgan fingerprint density at radius 2 is 2.06 bits per heavy atom. The minimum Gasteiger partial charge on any atom is -0.366 e. The van der Waals surface area contributed by atoms with E-state index in [2.05, 4.69) is 18.2 Å². The lowest BCUT2D eigenvalue weighted by Crippen LogP contribution is -2.38. The predicted octanol–water partition coefficient (Wildman–Crippen LogP) is -0.170. The van der Waals surface area contributed by atoms with Crippen molar-refractivity contribution in [1.29, 1.82) is 0 Å². The summed E-state index contributed by atoms with van der Waals surface area (Å²) in [5.74, 6) is -0.390. The Morgan fingerprint density at radius 3 is 2.88 bits per heavy atom. The SMILES string of the molecule is NC(=O)C1=CN2CC=c3ccccc3=C2C=C1. The summed E-state index contributed by atoms with van der Waals surface area (Å²) >= 11 is 0. The van der Waals surface area contributed by atoms with Crippen molar-refractivity contribution in [2.24, 2.45) is 5.73 Å². The van der Waals surface area contributed by atoms with E-state index in [1.807, 2.05) is 29.3 Å². The molecule has 1 aromatic carbocycles. The molecule has 1 amide bonds. The highest BCUT2D eigenvalue weighted by atomic mass is 16.1. The Labute approximate surface area is 98.8 Å². The molecule has 0 radical (unpaired) electrons. The number of benzene rings is 1. The van der Waals surface area contributed by atoms with Gasteiger partial charge in [-0.05, 0) is 17.4 Å². The molecule has 3 heteroatoms. The molecule has 3 rings (SSSR count). The largest absolute Gasteiger partial charge is 0.366 e. The van der Waals surface area contributed by atoms with Crippen molar-refractivity contribution in [2.75, 3.05) is 6.54 Å². The number of rotatable bonds is 1. The summed E-state index contributed by atoms with van der Waals surface area (Å²) in [4.78, 5) is 13.2. The first-order valence-corrected chi connectivity index (χ1v) is 5.51. The number of nitrogens with zero attached hydrogens (tertiary/aromatic N) is 1. The molecule has 2 aliphatic heterocycles. The zero-order chi connectivity index (χ0) is 11.8. The number of carbonyl (C=O) groups is 1. The van der Waals surface area contributed by atoms with Gasteiger partial charge < -0.3 is 10.6 Å². The van der Waals surface area contributed by atoms with Gasteiger partial charge in [0.05, 0.1) is 5.57 Å². The molecule has 2 heterocycles. The van der Waals surface area contributed by atoms with E-state index in [1.165, 1.54) is 10.4 Å². The highest BCUT2D eigenvalue weighted by Crippen LogP contribution is 2.17. The summed E-state index contributed by atoms with van der Waals surface area (Å²) in [5, 5.41) is 2.43. The fourth-order valence-corrected chi connectivity index (χ4v) is 2.19. The van der Waals surface area contributed by atoms with Crippen LogP contribution in [0.3, 0.4) is 0 Å². The van der Waals surface area contributed by atoms with E-state index in [4.69, 9.17) is 5.73 Å². The predicted molar refractivity (Wildman–Crippen MR) is 66.7 cm³/mol. The van der Waals surface area contributed by atoms with Gasteiger partial charge in [-0.2, -0.15) is 0 Å². The average molecular weight is 224 g/mol. The molecule has 17 heavy (non-hydrogen) atoms. The van der Waals surface area contributed by atoms with E-state index in [0.717, 1.165) is 12.2 Å². The van der Waals surface area contributed by atoms with Crippen LogP contribution in [-0.2, 0) is 4.79 Å². The summed E-state index contributed by atoms with van der Waals surface area (Å²) in [5.41, 5.74) is 6.94. The fourth-order valence-electron chi connectivity index (χ4n) is 2.19. The monoisotopic (exact) mass is 224 g/mol. The fraction of sp³-hybridized carbons (Fsp3) is 0.0714. The number of fused-ring (bicyclic) bond motifs is 2. The molecule has 0 unspecified atom stereocenters. The summed E-state index contributed by atoms with van der Waals surface area (Å²) < 4.78 is 0. The van der Waals surface area contributed by atoms with Crippen molar-refractivity contribution in [2.45, 2.75) is 0 Å². The third kappa shape index (κ3) is 1.56. The first-order valence-electron chi connectivity index (χ1n) is 5.51. The topological polar surface area (TPSA) is 46.3 Å². The molecular formula is C14H12N2O. The standard InChI is InChI=1S/C14H12N2O/c15-14(17)11-5-6-13-12-4-2-1-3-10(12)7-8-16(13)9-11/h1-7,9H,8H2,(H2,15,17). The molecule has 0 saturated heterocycles. The summed E-state index contributed by atoms with van der Waals surface area (Å²) in [6.45, 7) is 0.771. The van der Waals surface area contributed by atoms with Crippen LogP contribution in [0.25, 0.3) is 11.8 Å². The van der Waals surface area contributed by atoms with Crippen LogP contribution in [-0.4, -0.2) is 17.4 Å². The van der Waals surface area contributed by atoms with Crippen LogP contribution in [0.5, 0.6) is 0 Å². The van der Waals surface area contributed by atoms with Gasteiger partial charge in [0.2, 0.25) is 5.91 Å². The molecule has 0 bridgehead atoms. The maximum Gasteiger partial charge on any atom is 0.250 e. The van der Waals surface area contributed by atoms with Crippen molar-refractivity contribution in [3.63, 3.8) is 0 Å². The van der Waals surface area contributed by atoms with Gasteiger partial charge in [0.15, 0.2) is 0 Å². The Bertz CT molecular complexity index is 668. The lowest BCUT2D eigenvalue weighted by Gasteiger charge is -2.26. The molecule has 84 valence electrons. The van der Waals surface area contributed by atoms with Crippen molar-refractivity contribution < 1.29 is 4.79 Å². The molecule has 0 aromatic heterocycles. The number of carbonyl (C=O) groups excluding carboxylic acids is 1. The number of primary amides is 1. The molecule has 3 nitrogen and oxygen atoms in total. The van der Waals surface area contributed by atoms with Gasteiger partial charge in [0.25, 0.3) is 0 Å². The van der Waals surface area contributed by atoms with Crippen LogP contribution < -0.4 is 16.2 Å². The zero-order valence-corrected chi connectivity index (χ0v) is 9.26. The van der Waals surface area contributed by atoms with Gasteiger partial charge in [-0.3, -0.25) is 4.79 Å². The van der Waals surface area contributed by atoms with Crippen LogP contribution in [0.2, 0.25) is 0 Å². The van der Waals surface area contributed by atoms with Crippen molar-refractivity contribution in [3.8, 4) is 0 Å². The first kappa shape index (κ1) is 9.90. The van der Waals surface area contributed by atoms with Crippen molar-refractivity contribution in [3.05, 3.63) is 58.6 Å². The zero-order valence-electron chi connectivity index (χ0n) is 9.26. The first-order chi connectivity index (χ1) is 8.25. The van der Waals surface area contributed by atoms with E-state index in [0.29, 0.717) is 5.57 Å². The maximum absolute atomic E-state index is 11.1. The highest BCUT2D eigenvalue weighted by Gasteiger charge is 2.15. The van der Waals surface area contributed by atoms with Gasteiger partial charge in [-0.15, -0.1) is 0 Å². The smallest absolute Gasteiger partial charge is 0.250 e. The Kier molecular flexibility index (Phi) is 2.11. The maximum atomic E-state index is 11.1. The van der Waals surface area contributed by atoms with E-state index in [-0.39, 0.29) is 5.91 Å². The third-order valence-electron chi connectivity index (χ3n) is 3.05. The molecule has 0 spiro atoms. The second-order valence-electron chi connectivity index (χ2n) is 4.11. The van der Waals surface area contributed by atoms with E-state index in [9.17, 15) is 4.79 Å².